The van der Waals surface area contributed by atoms with Crippen molar-refractivity contribution in [1.82, 2.24) is 9.97 Å². The van der Waals surface area contributed by atoms with Crippen LogP contribution in [0.2, 0.25) is 0 Å². The summed E-state index contributed by atoms with van der Waals surface area (Å²) in [7, 11) is 0. The molecule has 43 heavy (non-hydrogen) atoms. The summed E-state index contributed by atoms with van der Waals surface area (Å²) in [6, 6.07) is 55.5. The van der Waals surface area contributed by atoms with Crippen LogP contribution in [-0.2, 0) is 0 Å². The molecule has 2 heterocycles. The second-order valence-corrected chi connectivity index (χ2v) is 11.7. The lowest BCUT2D eigenvalue weighted by Gasteiger charge is -2.11. The van der Waals surface area contributed by atoms with Gasteiger partial charge in [-0.1, -0.05) is 146 Å². The Morgan fingerprint density at radius 2 is 0.884 bits per heavy atom. The predicted molar refractivity (Wildman–Crippen MR) is 182 cm³/mol. The first-order chi connectivity index (χ1) is 21.3. The molecule has 8 rings (SSSR count). The lowest BCUT2D eigenvalue weighted by Crippen LogP contribution is -1.96. The molecule has 0 atom stereocenters. The summed E-state index contributed by atoms with van der Waals surface area (Å²) in [5, 5.41) is 2.55. The number of rotatable bonds is 5. The molecule has 0 aliphatic carbocycles. The van der Waals surface area contributed by atoms with E-state index in [-0.39, 0.29) is 0 Å². The molecule has 0 saturated carbocycles. The van der Waals surface area contributed by atoms with Crippen molar-refractivity contribution in [2.45, 2.75) is 0 Å². The van der Waals surface area contributed by atoms with E-state index < -0.39 is 0 Å². The number of fused-ring (bicyclic) bond motifs is 3. The zero-order valence-electron chi connectivity index (χ0n) is 23.3. The number of aromatic nitrogens is 2. The maximum Gasteiger partial charge on any atom is 0.160 e. The number of hydrogen-bond acceptors (Lipinski definition) is 3. The third kappa shape index (κ3) is 4.80. The van der Waals surface area contributed by atoms with Crippen LogP contribution >= 0.6 is 11.3 Å². The standard InChI is InChI=1S/C40H26N2S/c1-3-10-27(11-4-1)29-18-22-31(23-19-29)36-26-37(35-16-9-15-34-33-14-7-8-17-38(33)43-39(34)35)42-40(41-36)32-24-20-30(21-25-32)28-12-5-2-6-13-28/h1-26H. The molecule has 0 N–H and O–H groups in total. The molecule has 0 aliphatic rings. The summed E-state index contributed by atoms with van der Waals surface area (Å²) in [6.07, 6.45) is 0. The van der Waals surface area contributed by atoms with Crippen LogP contribution in [0.3, 0.4) is 0 Å². The zero-order chi connectivity index (χ0) is 28.6. The van der Waals surface area contributed by atoms with Crippen molar-refractivity contribution in [3.8, 4) is 56.2 Å². The molecule has 0 aliphatic heterocycles. The molecular formula is C40H26N2S. The van der Waals surface area contributed by atoms with Crippen LogP contribution in [0.4, 0.5) is 0 Å². The van der Waals surface area contributed by atoms with Crippen LogP contribution in [0, 0.1) is 0 Å². The topological polar surface area (TPSA) is 25.8 Å². The van der Waals surface area contributed by atoms with Crippen LogP contribution in [0.5, 0.6) is 0 Å². The first kappa shape index (κ1) is 25.3. The van der Waals surface area contributed by atoms with Gasteiger partial charge in [-0.05, 0) is 34.4 Å². The SMILES string of the molecule is c1ccc(-c2ccc(-c3cc(-c4cccc5c4sc4ccccc45)nc(-c4ccc(-c5ccccc5)cc4)n3)cc2)cc1. The van der Waals surface area contributed by atoms with E-state index in [2.05, 4.69) is 146 Å². The Bertz CT molecular complexity index is 2100. The van der Waals surface area contributed by atoms with Crippen LogP contribution in [0.25, 0.3) is 76.3 Å². The fraction of sp³-hybridized carbons (Fsp3) is 0. The minimum Gasteiger partial charge on any atom is -0.228 e. The molecule has 2 nitrogen and oxygen atoms in total. The van der Waals surface area contributed by atoms with Gasteiger partial charge in [0.25, 0.3) is 0 Å². The number of hydrogen-bond donors (Lipinski definition) is 0. The molecular weight excluding hydrogens is 541 g/mol. The van der Waals surface area contributed by atoms with Gasteiger partial charge < -0.3 is 0 Å². The highest BCUT2D eigenvalue weighted by Gasteiger charge is 2.15. The highest BCUT2D eigenvalue weighted by Crippen LogP contribution is 2.40. The van der Waals surface area contributed by atoms with Crippen molar-refractivity contribution in [3.63, 3.8) is 0 Å². The average Bonchev–Trinajstić information content (AvgIpc) is 3.48. The van der Waals surface area contributed by atoms with Crippen molar-refractivity contribution in [3.05, 3.63) is 158 Å². The molecule has 0 unspecified atom stereocenters. The van der Waals surface area contributed by atoms with Gasteiger partial charge in [-0.3, -0.25) is 0 Å². The Labute approximate surface area is 254 Å². The maximum absolute atomic E-state index is 5.18. The van der Waals surface area contributed by atoms with Crippen LogP contribution in [0.1, 0.15) is 0 Å². The van der Waals surface area contributed by atoms with Gasteiger partial charge in [-0.25, -0.2) is 9.97 Å². The van der Waals surface area contributed by atoms with Crippen molar-refractivity contribution < 1.29 is 0 Å². The van der Waals surface area contributed by atoms with Crippen molar-refractivity contribution in [1.29, 1.82) is 0 Å². The minimum absolute atomic E-state index is 0.720. The molecule has 0 bridgehead atoms. The van der Waals surface area contributed by atoms with Crippen LogP contribution in [-0.4, -0.2) is 9.97 Å². The van der Waals surface area contributed by atoms with Crippen molar-refractivity contribution in [2.24, 2.45) is 0 Å². The summed E-state index contributed by atoms with van der Waals surface area (Å²) >= 11 is 1.83. The summed E-state index contributed by atoms with van der Waals surface area (Å²) in [6.45, 7) is 0. The molecule has 0 amide bonds. The van der Waals surface area contributed by atoms with E-state index in [9.17, 15) is 0 Å². The van der Waals surface area contributed by atoms with Crippen molar-refractivity contribution >= 4 is 31.5 Å². The summed E-state index contributed by atoms with van der Waals surface area (Å²) < 4.78 is 2.53. The highest BCUT2D eigenvalue weighted by atomic mass is 32.1. The summed E-state index contributed by atoms with van der Waals surface area (Å²) in [5.74, 6) is 0.720. The van der Waals surface area contributed by atoms with Gasteiger partial charge in [0.2, 0.25) is 0 Å². The second kappa shape index (κ2) is 10.8. The molecule has 0 radical (unpaired) electrons. The maximum atomic E-state index is 5.18. The molecule has 2 aromatic heterocycles. The molecule has 0 fully saturated rings. The summed E-state index contributed by atoms with van der Waals surface area (Å²) in [4.78, 5) is 10.3. The summed E-state index contributed by atoms with van der Waals surface area (Å²) in [5.41, 5.74) is 9.78. The fourth-order valence-electron chi connectivity index (χ4n) is 5.72. The third-order valence-corrected chi connectivity index (χ3v) is 9.16. The fourth-order valence-corrected chi connectivity index (χ4v) is 6.94. The van der Waals surface area contributed by atoms with Gasteiger partial charge in [0, 0.05) is 36.9 Å². The Morgan fingerprint density at radius 3 is 1.56 bits per heavy atom. The van der Waals surface area contributed by atoms with E-state index in [4.69, 9.17) is 9.97 Å². The molecule has 202 valence electrons. The largest absolute Gasteiger partial charge is 0.228 e. The van der Waals surface area contributed by atoms with E-state index in [1.807, 2.05) is 23.5 Å². The zero-order valence-corrected chi connectivity index (χ0v) is 24.1. The Balaban J connectivity index is 1.28. The second-order valence-electron chi connectivity index (χ2n) is 10.6. The van der Waals surface area contributed by atoms with Gasteiger partial charge in [0.1, 0.15) is 0 Å². The lowest BCUT2D eigenvalue weighted by atomic mass is 10.0. The van der Waals surface area contributed by atoms with E-state index >= 15 is 0 Å². The smallest absolute Gasteiger partial charge is 0.160 e. The molecule has 8 aromatic rings. The van der Waals surface area contributed by atoms with Gasteiger partial charge >= 0.3 is 0 Å². The Kier molecular flexibility index (Phi) is 6.36. The average molecular weight is 567 g/mol. The first-order valence-corrected chi connectivity index (χ1v) is 15.2. The first-order valence-electron chi connectivity index (χ1n) is 14.4. The van der Waals surface area contributed by atoms with Crippen LogP contribution in [0.15, 0.2) is 158 Å². The number of benzene rings is 6. The number of nitrogens with zero attached hydrogens (tertiary/aromatic N) is 2. The van der Waals surface area contributed by atoms with Crippen LogP contribution < -0.4 is 0 Å². The molecule has 6 aromatic carbocycles. The molecule has 0 spiro atoms. The predicted octanol–water partition coefficient (Wildman–Crippen LogP) is 11.2. The Morgan fingerprint density at radius 1 is 0.372 bits per heavy atom. The number of thiophene rings is 1. The van der Waals surface area contributed by atoms with Gasteiger partial charge in [0.15, 0.2) is 5.82 Å². The van der Waals surface area contributed by atoms with Gasteiger partial charge in [0.05, 0.1) is 11.4 Å². The quantitative estimate of drug-likeness (QED) is 0.207. The van der Waals surface area contributed by atoms with Gasteiger partial charge in [-0.2, -0.15) is 0 Å². The molecule has 0 saturated heterocycles. The normalized spacial score (nSPS) is 11.3. The van der Waals surface area contributed by atoms with E-state index in [0.29, 0.717) is 0 Å². The lowest BCUT2D eigenvalue weighted by molar-refractivity contribution is 1.19. The minimum atomic E-state index is 0.720. The highest BCUT2D eigenvalue weighted by molar-refractivity contribution is 7.26. The molecule has 3 heteroatoms. The van der Waals surface area contributed by atoms with Crippen molar-refractivity contribution in [2.75, 3.05) is 0 Å². The van der Waals surface area contributed by atoms with E-state index in [1.165, 1.54) is 42.4 Å². The van der Waals surface area contributed by atoms with E-state index in [1.54, 1.807) is 0 Å². The Hall–Kier alpha value is -5.38. The third-order valence-electron chi connectivity index (χ3n) is 7.94. The monoisotopic (exact) mass is 566 g/mol. The van der Waals surface area contributed by atoms with Gasteiger partial charge in [-0.15, -0.1) is 11.3 Å². The van der Waals surface area contributed by atoms with E-state index in [0.717, 1.165) is 33.9 Å².